The molecule has 1 aliphatic carbocycles. The van der Waals surface area contributed by atoms with Crippen LogP contribution >= 0.6 is 23.4 Å². The molecule has 0 heterocycles. The molecule has 0 amide bonds. The van der Waals surface area contributed by atoms with E-state index in [1.54, 1.807) is 6.07 Å². The van der Waals surface area contributed by atoms with Crippen LogP contribution < -0.4 is 5.32 Å². The van der Waals surface area contributed by atoms with Gasteiger partial charge in [0.15, 0.2) is 0 Å². The molecule has 0 radical (unpaired) electrons. The number of hydrogen-bond acceptors (Lipinski definition) is 2. The van der Waals surface area contributed by atoms with Crippen molar-refractivity contribution in [2.75, 3.05) is 6.26 Å². The van der Waals surface area contributed by atoms with E-state index in [4.69, 9.17) is 11.6 Å². The Morgan fingerprint density at radius 2 is 2.29 bits per heavy atom. The Hall–Kier alpha value is -0.250. The van der Waals surface area contributed by atoms with Gasteiger partial charge < -0.3 is 5.32 Å². The maximum absolute atomic E-state index is 12.9. The maximum atomic E-state index is 12.9. The van der Waals surface area contributed by atoms with Crippen molar-refractivity contribution < 1.29 is 4.39 Å². The molecule has 17 heavy (non-hydrogen) atoms. The number of hydrogen-bond donors (Lipinski definition) is 1. The standard InChI is InChI=1S/C13H17ClFNS/c1-17-13-4-2-3-12(13)16-8-9-5-6-10(15)7-11(9)14/h5-7,12-13,16H,2-4,8H2,1H3. The summed E-state index contributed by atoms with van der Waals surface area (Å²) in [6.45, 7) is 0.723. The lowest BCUT2D eigenvalue weighted by molar-refractivity contribution is 0.531. The van der Waals surface area contributed by atoms with E-state index in [2.05, 4.69) is 11.6 Å². The summed E-state index contributed by atoms with van der Waals surface area (Å²) >= 11 is 7.93. The maximum Gasteiger partial charge on any atom is 0.124 e. The lowest BCUT2D eigenvalue weighted by Gasteiger charge is -2.19. The van der Waals surface area contributed by atoms with E-state index in [0.717, 1.165) is 12.1 Å². The van der Waals surface area contributed by atoms with Gasteiger partial charge in [-0.15, -0.1) is 0 Å². The zero-order chi connectivity index (χ0) is 12.3. The minimum Gasteiger partial charge on any atom is -0.309 e. The molecular formula is C13H17ClFNS. The molecule has 0 aromatic heterocycles. The Morgan fingerprint density at radius 1 is 1.47 bits per heavy atom. The number of rotatable bonds is 4. The summed E-state index contributed by atoms with van der Waals surface area (Å²) in [6, 6.07) is 5.16. The molecule has 2 atom stereocenters. The van der Waals surface area contributed by atoms with Crippen LogP contribution in [0.4, 0.5) is 4.39 Å². The summed E-state index contributed by atoms with van der Waals surface area (Å²) in [5.74, 6) is -0.276. The molecule has 2 rings (SSSR count). The molecule has 1 N–H and O–H groups in total. The minimum absolute atomic E-state index is 0.276. The fourth-order valence-electron chi connectivity index (χ4n) is 2.35. The van der Waals surface area contributed by atoms with E-state index in [1.165, 1.54) is 31.4 Å². The normalized spacial score (nSPS) is 24.2. The van der Waals surface area contributed by atoms with Crippen LogP contribution in [0.25, 0.3) is 0 Å². The molecular weight excluding hydrogens is 257 g/mol. The van der Waals surface area contributed by atoms with Crippen molar-refractivity contribution in [3.63, 3.8) is 0 Å². The van der Waals surface area contributed by atoms with Crippen LogP contribution in [-0.2, 0) is 6.54 Å². The third kappa shape index (κ3) is 3.36. The quantitative estimate of drug-likeness (QED) is 0.894. The van der Waals surface area contributed by atoms with Crippen molar-refractivity contribution in [3.05, 3.63) is 34.6 Å². The third-order valence-corrected chi connectivity index (χ3v) is 4.85. The summed E-state index contributed by atoms with van der Waals surface area (Å²) in [5, 5.41) is 4.74. The number of thioether (sulfide) groups is 1. The highest BCUT2D eigenvalue weighted by Gasteiger charge is 2.25. The van der Waals surface area contributed by atoms with Crippen LogP contribution in [0.2, 0.25) is 5.02 Å². The second-order valence-electron chi connectivity index (χ2n) is 4.43. The monoisotopic (exact) mass is 273 g/mol. The topological polar surface area (TPSA) is 12.0 Å². The molecule has 1 aliphatic rings. The zero-order valence-corrected chi connectivity index (χ0v) is 11.5. The summed E-state index contributed by atoms with van der Waals surface area (Å²) in [7, 11) is 0. The SMILES string of the molecule is CSC1CCCC1NCc1ccc(F)cc1Cl. The van der Waals surface area contributed by atoms with Crippen molar-refractivity contribution in [1.82, 2.24) is 5.32 Å². The van der Waals surface area contributed by atoms with Crippen molar-refractivity contribution in [2.45, 2.75) is 37.1 Å². The molecule has 0 aliphatic heterocycles. The van der Waals surface area contributed by atoms with E-state index in [0.29, 0.717) is 16.3 Å². The zero-order valence-electron chi connectivity index (χ0n) is 9.88. The van der Waals surface area contributed by atoms with Crippen molar-refractivity contribution in [1.29, 1.82) is 0 Å². The first-order valence-corrected chi connectivity index (χ1v) is 7.57. The van der Waals surface area contributed by atoms with Gasteiger partial charge in [0.05, 0.1) is 0 Å². The minimum atomic E-state index is -0.276. The fourth-order valence-corrected chi connectivity index (χ4v) is 3.55. The fraction of sp³-hybridized carbons (Fsp3) is 0.538. The van der Waals surface area contributed by atoms with Gasteiger partial charge in [0.25, 0.3) is 0 Å². The third-order valence-electron chi connectivity index (χ3n) is 3.33. The summed E-state index contributed by atoms with van der Waals surface area (Å²) in [5.41, 5.74) is 0.972. The first-order chi connectivity index (χ1) is 8.20. The predicted octanol–water partition coefficient (Wildman–Crippen LogP) is 3.85. The molecule has 0 bridgehead atoms. The van der Waals surface area contributed by atoms with Gasteiger partial charge in [-0.05, 0) is 36.8 Å². The highest BCUT2D eigenvalue weighted by Crippen LogP contribution is 2.29. The molecule has 1 aromatic carbocycles. The largest absolute Gasteiger partial charge is 0.309 e. The Labute approximate surface area is 111 Å². The lowest BCUT2D eigenvalue weighted by atomic mass is 10.2. The van der Waals surface area contributed by atoms with E-state index >= 15 is 0 Å². The Morgan fingerprint density at radius 3 is 3.00 bits per heavy atom. The van der Waals surface area contributed by atoms with Gasteiger partial charge in [0, 0.05) is 22.9 Å². The molecule has 1 aromatic rings. The second-order valence-corrected chi connectivity index (χ2v) is 5.91. The molecule has 0 spiro atoms. The molecule has 4 heteroatoms. The molecule has 1 fully saturated rings. The van der Waals surface area contributed by atoms with Crippen LogP contribution in [0.3, 0.4) is 0 Å². The first kappa shape index (κ1) is 13.2. The molecule has 0 saturated heterocycles. The van der Waals surface area contributed by atoms with Crippen LogP contribution in [-0.4, -0.2) is 17.5 Å². The summed E-state index contributed by atoms with van der Waals surface area (Å²) in [4.78, 5) is 0. The smallest absolute Gasteiger partial charge is 0.124 e. The number of halogens is 2. The van der Waals surface area contributed by atoms with Crippen LogP contribution in [0.5, 0.6) is 0 Å². The van der Waals surface area contributed by atoms with E-state index in [-0.39, 0.29) is 5.82 Å². The van der Waals surface area contributed by atoms with Crippen LogP contribution in [0.1, 0.15) is 24.8 Å². The number of nitrogens with one attached hydrogen (secondary N) is 1. The Kier molecular flexibility index (Phi) is 4.71. The molecule has 1 nitrogen and oxygen atoms in total. The average molecular weight is 274 g/mol. The summed E-state index contributed by atoms with van der Waals surface area (Å²) < 4.78 is 12.9. The highest BCUT2D eigenvalue weighted by atomic mass is 35.5. The van der Waals surface area contributed by atoms with Crippen molar-refractivity contribution in [2.24, 2.45) is 0 Å². The predicted molar refractivity (Wildman–Crippen MR) is 73.2 cm³/mol. The van der Waals surface area contributed by atoms with Crippen molar-refractivity contribution >= 4 is 23.4 Å². The second kappa shape index (κ2) is 6.07. The molecule has 1 saturated carbocycles. The molecule has 94 valence electrons. The van der Waals surface area contributed by atoms with E-state index in [1.807, 2.05) is 11.8 Å². The average Bonchev–Trinajstić information content (AvgIpc) is 2.75. The highest BCUT2D eigenvalue weighted by molar-refractivity contribution is 7.99. The van der Waals surface area contributed by atoms with Gasteiger partial charge >= 0.3 is 0 Å². The Bertz CT molecular complexity index is 386. The number of benzene rings is 1. The van der Waals surface area contributed by atoms with Gasteiger partial charge in [-0.25, -0.2) is 4.39 Å². The van der Waals surface area contributed by atoms with Crippen LogP contribution in [0, 0.1) is 5.82 Å². The van der Waals surface area contributed by atoms with Gasteiger partial charge in [0.1, 0.15) is 5.82 Å². The first-order valence-electron chi connectivity index (χ1n) is 5.91. The van der Waals surface area contributed by atoms with Gasteiger partial charge in [-0.3, -0.25) is 0 Å². The van der Waals surface area contributed by atoms with Crippen molar-refractivity contribution in [3.8, 4) is 0 Å². The van der Waals surface area contributed by atoms with Crippen LogP contribution in [0.15, 0.2) is 18.2 Å². The lowest BCUT2D eigenvalue weighted by Crippen LogP contribution is -2.33. The summed E-state index contributed by atoms with van der Waals surface area (Å²) in [6.07, 6.45) is 5.97. The van der Waals surface area contributed by atoms with Gasteiger partial charge in [0.2, 0.25) is 0 Å². The van der Waals surface area contributed by atoms with Gasteiger partial charge in [-0.2, -0.15) is 11.8 Å². The van der Waals surface area contributed by atoms with E-state index in [9.17, 15) is 4.39 Å². The van der Waals surface area contributed by atoms with E-state index < -0.39 is 0 Å². The Balaban J connectivity index is 1.93. The van der Waals surface area contributed by atoms with Gasteiger partial charge in [-0.1, -0.05) is 24.1 Å². The molecule has 2 unspecified atom stereocenters.